The predicted molar refractivity (Wildman–Crippen MR) is 127 cm³/mol. The predicted octanol–water partition coefficient (Wildman–Crippen LogP) is 5.81. The molecule has 33 heavy (non-hydrogen) atoms. The second kappa shape index (κ2) is 8.58. The standard InChI is InChI=1S/C26H23F2N5/c1-16(2)31-23-14-25-18(12-22(23)32-26-15-29-9-10-30-26)11-17-5-3-4-6-24(17)33(25)19-7-8-20(27)21(28)13-19/h3-10,12-16,18H,11H2,1-2H3,(H,30,32). The number of benzene rings is 2. The van der Waals surface area contributed by atoms with Gasteiger partial charge in [0.05, 0.1) is 17.6 Å². The van der Waals surface area contributed by atoms with Gasteiger partial charge in [0.1, 0.15) is 5.82 Å². The summed E-state index contributed by atoms with van der Waals surface area (Å²) in [5, 5.41) is 3.35. The molecule has 0 fully saturated rings. The average Bonchev–Trinajstić information content (AvgIpc) is 2.80. The molecule has 5 rings (SSSR count). The highest BCUT2D eigenvalue weighted by molar-refractivity contribution is 6.12. The van der Waals surface area contributed by atoms with E-state index in [0.717, 1.165) is 34.8 Å². The molecule has 7 heteroatoms. The van der Waals surface area contributed by atoms with E-state index in [1.807, 2.05) is 43.0 Å². The molecule has 166 valence electrons. The van der Waals surface area contributed by atoms with Crippen LogP contribution in [0.1, 0.15) is 19.4 Å². The first-order chi connectivity index (χ1) is 16.0. The summed E-state index contributed by atoms with van der Waals surface area (Å²) in [5.41, 5.74) is 5.23. The van der Waals surface area contributed by atoms with Crippen molar-refractivity contribution in [2.24, 2.45) is 10.9 Å². The highest BCUT2D eigenvalue weighted by atomic mass is 19.2. The Labute approximate surface area is 191 Å². The SMILES string of the molecule is CC(C)N=C1C=C2C(C=C1Nc1cnccn1)Cc1ccccc1N2c1ccc(F)c(F)c1. The van der Waals surface area contributed by atoms with Crippen molar-refractivity contribution in [2.75, 3.05) is 10.2 Å². The van der Waals surface area contributed by atoms with Crippen molar-refractivity contribution in [1.82, 2.24) is 9.97 Å². The second-order valence-corrected chi connectivity index (χ2v) is 8.35. The maximum atomic E-state index is 14.2. The lowest BCUT2D eigenvalue weighted by Gasteiger charge is -2.40. The zero-order valence-corrected chi connectivity index (χ0v) is 18.3. The fraction of sp³-hybridized carbons (Fsp3) is 0.192. The summed E-state index contributed by atoms with van der Waals surface area (Å²) in [5.74, 6) is -1.10. The first-order valence-electron chi connectivity index (χ1n) is 10.9. The number of hydrogen-bond donors (Lipinski definition) is 1. The summed E-state index contributed by atoms with van der Waals surface area (Å²) >= 11 is 0. The summed E-state index contributed by atoms with van der Waals surface area (Å²) in [7, 11) is 0. The molecule has 0 amide bonds. The van der Waals surface area contributed by atoms with Gasteiger partial charge in [0.25, 0.3) is 0 Å². The molecule has 0 saturated heterocycles. The largest absolute Gasteiger partial charge is 0.337 e. The smallest absolute Gasteiger partial charge is 0.160 e. The van der Waals surface area contributed by atoms with E-state index >= 15 is 0 Å². The van der Waals surface area contributed by atoms with E-state index < -0.39 is 11.6 Å². The van der Waals surface area contributed by atoms with Crippen LogP contribution in [0.3, 0.4) is 0 Å². The number of hydrogen-bond acceptors (Lipinski definition) is 5. The van der Waals surface area contributed by atoms with Crippen LogP contribution in [0.2, 0.25) is 0 Å². The Kier molecular flexibility index (Phi) is 5.46. The van der Waals surface area contributed by atoms with Crippen LogP contribution in [0.5, 0.6) is 0 Å². The minimum absolute atomic E-state index is 0.0123. The van der Waals surface area contributed by atoms with Crippen LogP contribution < -0.4 is 10.2 Å². The maximum absolute atomic E-state index is 14.2. The van der Waals surface area contributed by atoms with Gasteiger partial charge < -0.3 is 10.2 Å². The van der Waals surface area contributed by atoms with E-state index in [1.165, 1.54) is 12.1 Å². The molecule has 1 aliphatic heterocycles. The zero-order valence-electron chi connectivity index (χ0n) is 18.3. The van der Waals surface area contributed by atoms with Crippen molar-refractivity contribution in [3.8, 4) is 0 Å². The Balaban J connectivity index is 1.64. The number of anilines is 3. The number of allylic oxidation sites excluding steroid dienone is 2. The molecule has 2 aromatic carbocycles. The fourth-order valence-electron chi connectivity index (χ4n) is 4.27. The third-order valence-electron chi connectivity index (χ3n) is 5.62. The van der Waals surface area contributed by atoms with E-state index in [-0.39, 0.29) is 12.0 Å². The maximum Gasteiger partial charge on any atom is 0.160 e. The van der Waals surface area contributed by atoms with Gasteiger partial charge in [-0.3, -0.25) is 9.98 Å². The fourth-order valence-corrected chi connectivity index (χ4v) is 4.27. The van der Waals surface area contributed by atoms with Gasteiger partial charge in [-0.05, 0) is 56.2 Å². The number of nitrogens with zero attached hydrogens (tertiary/aromatic N) is 4. The number of nitrogens with one attached hydrogen (secondary N) is 1. The van der Waals surface area contributed by atoms with Crippen LogP contribution in [0.4, 0.5) is 26.0 Å². The molecule has 1 aliphatic carbocycles. The van der Waals surface area contributed by atoms with E-state index in [1.54, 1.807) is 24.7 Å². The van der Waals surface area contributed by atoms with Gasteiger partial charge in [-0.15, -0.1) is 0 Å². The minimum Gasteiger partial charge on any atom is -0.337 e. The van der Waals surface area contributed by atoms with Crippen LogP contribution in [0, 0.1) is 17.6 Å². The molecule has 1 N–H and O–H groups in total. The topological polar surface area (TPSA) is 53.4 Å². The Hall–Kier alpha value is -3.87. The minimum atomic E-state index is -0.875. The number of para-hydroxylation sites is 1. The lowest BCUT2D eigenvalue weighted by atomic mass is 9.84. The average molecular weight is 444 g/mol. The van der Waals surface area contributed by atoms with Gasteiger partial charge in [0.15, 0.2) is 11.6 Å². The number of rotatable bonds is 4. The number of fused-ring (bicyclic) bond motifs is 2. The summed E-state index contributed by atoms with van der Waals surface area (Å²) in [6, 6.07) is 12.1. The monoisotopic (exact) mass is 443 g/mol. The highest BCUT2D eigenvalue weighted by Gasteiger charge is 2.33. The lowest BCUT2D eigenvalue weighted by molar-refractivity contribution is 0.508. The van der Waals surface area contributed by atoms with Gasteiger partial charge in [-0.2, -0.15) is 0 Å². The molecular weight excluding hydrogens is 420 g/mol. The second-order valence-electron chi connectivity index (χ2n) is 8.35. The van der Waals surface area contributed by atoms with Crippen molar-refractivity contribution in [3.63, 3.8) is 0 Å². The Bertz CT molecular complexity index is 1280. The van der Waals surface area contributed by atoms with Crippen LogP contribution >= 0.6 is 0 Å². The van der Waals surface area contributed by atoms with Crippen LogP contribution in [0.25, 0.3) is 0 Å². The van der Waals surface area contributed by atoms with E-state index in [2.05, 4.69) is 27.4 Å². The highest BCUT2D eigenvalue weighted by Crippen LogP contribution is 2.44. The Morgan fingerprint density at radius 2 is 1.94 bits per heavy atom. The summed E-state index contributed by atoms with van der Waals surface area (Å²) in [6.07, 6.45) is 9.86. The molecule has 0 spiro atoms. The van der Waals surface area contributed by atoms with Gasteiger partial charge in [-0.1, -0.05) is 18.2 Å². The van der Waals surface area contributed by atoms with Gasteiger partial charge in [0.2, 0.25) is 0 Å². The van der Waals surface area contributed by atoms with Gasteiger partial charge >= 0.3 is 0 Å². The quantitative estimate of drug-likeness (QED) is 0.553. The van der Waals surface area contributed by atoms with Crippen molar-refractivity contribution < 1.29 is 8.78 Å². The number of aliphatic imine (C=N–C) groups is 1. The number of halogens is 2. The molecule has 1 atom stereocenters. The third-order valence-corrected chi connectivity index (χ3v) is 5.62. The molecule has 1 unspecified atom stereocenters. The Morgan fingerprint density at radius 1 is 1.09 bits per heavy atom. The van der Waals surface area contributed by atoms with Crippen molar-refractivity contribution in [2.45, 2.75) is 26.3 Å². The van der Waals surface area contributed by atoms with E-state index in [9.17, 15) is 8.78 Å². The zero-order chi connectivity index (χ0) is 22.9. The molecule has 2 heterocycles. The molecule has 2 aliphatic rings. The third kappa shape index (κ3) is 4.14. The van der Waals surface area contributed by atoms with E-state index in [0.29, 0.717) is 11.5 Å². The van der Waals surface area contributed by atoms with Crippen LogP contribution in [-0.2, 0) is 6.42 Å². The molecular formula is C26H23F2N5. The van der Waals surface area contributed by atoms with Crippen molar-refractivity contribution in [3.05, 3.63) is 102 Å². The first kappa shape index (κ1) is 21.0. The lowest BCUT2D eigenvalue weighted by Crippen LogP contribution is -2.33. The molecule has 3 aromatic rings. The summed E-state index contributed by atoms with van der Waals surface area (Å²) < 4.78 is 27.9. The van der Waals surface area contributed by atoms with Gasteiger partial charge in [0, 0.05) is 47.5 Å². The van der Waals surface area contributed by atoms with Gasteiger partial charge in [-0.25, -0.2) is 13.8 Å². The molecule has 5 nitrogen and oxygen atoms in total. The molecule has 1 aromatic heterocycles. The Morgan fingerprint density at radius 3 is 2.70 bits per heavy atom. The summed E-state index contributed by atoms with van der Waals surface area (Å²) in [6.45, 7) is 4.03. The van der Waals surface area contributed by atoms with Crippen LogP contribution in [-0.4, -0.2) is 21.7 Å². The molecule has 0 radical (unpaired) electrons. The summed E-state index contributed by atoms with van der Waals surface area (Å²) in [4.78, 5) is 15.3. The first-order valence-corrected chi connectivity index (χ1v) is 10.9. The molecule has 0 saturated carbocycles. The van der Waals surface area contributed by atoms with Crippen molar-refractivity contribution in [1.29, 1.82) is 0 Å². The van der Waals surface area contributed by atoms with E-state index in [4.69, 9.17) is 4.99 Å². The van der Waals surface area contributed by atoms with Crippen molar-refractivity contribution >= 4 is 22.9 Å². The number of aromatic nitrogens is 2. The van der Waals surface area contributed by atoms with Crippen LogP contribution in [0.15, 0.2) is 89.6 Å². The molecule has 0 bridgehead atoms. The normalized spacial score (nSPS) is 18.5.